The number of fused-ring (bicyclic) bond motifs is 3. The van der Waals surface area contributed by atoms with Crippen LogP contribution in [0.25, 0.3) is 0 Å². The maximum atomic E-state index is 11.7. The van der Waals surface area contributed by atoms with Gasteiger partial charge >= 0.3 is 0 Å². The third kappa shape index (κ3) is 3.87. The van der Waals surface area contributed by atoms with Crippen LogP contribution in [0.5, 0.6) is 0 Å². The Kier molecular flexibility index (Phi) is 5.33. The number of carbonyl (C=O) groups excluding carboxylic acids is 1. The lowest BCUT2D eigenvalue weighted by atomic mass is 9.93. The van der Waals surface area contributed by atoms with Gasteiger partial charge in [-0.1, -0.05) is 54.6 Å². The van der Waals surface area contributed by atoms with Gasteiger partial charge in [0.2, 0.25) is 0 Å². The van der Waals surface area contributed by atoms with Crippen molar-refractivity contribution in [2.75, 3.05) is 18.1 Å². The van der Waals surface area contributed by atoms with Gasteiger partial charge in [0.25, 0.3) is 5.91 Å². The predicted molar refractivity (Wildman–Crippen MR) is 113 cm³/mol. The first-order valence-electron chi connectivity index (χ1n) is 9.62. The van der Waals surface area contributed by atoms with Crippen LogP contribution in [0.2, 0.25) is 0 Å². The van der Waals surface area contributed by atoms with Crippen LogP contribution in [0.15, 0.2) is 71.2 Å². The third-order valence-corrected chi connectivity index (χ3v) is 5.28. The second-order valence-electron chi connectivity index (χ2n) is 7.37. The maximum Gasteiger partial charge on any atom is 0.252 e. The van der Waals surface area contributed by atoms with E-state index >= 15 is 0 Å². The summed E-state index contributed by atoms with van der Waals surface area (Å²) in [5.41, 5.74) is 21.4. The molecule has 0 fully saturated rings. The SMILES string of the molecule is NC(=O)C1=CC2c3ccccc3N(C[C@@H](N)COCc3ccccc3)C2N=C1N. The minimum absolute atomic E-state index is 0.0848. The number of dihydropyridines is 1. The van der Waals surface area contributed by atoms with E-state index in [4.69, 9.17) is 21.9 Å². The number of para-hydroxylation sites is 1. The summed E-state index contributed by atoms with van der Waals surface area (Å²) < 4.78 is 5.80. The Hall–Kier alpha value is -3.16. The summed E-state index contributed by atoms with van der Waals surface area (Å²) in [6.07, 6.45) is 1.58. The van der Waals surface area contributed by atoms with Gasteiger partial charge in [-0.15, -0.1) is 0 Å². The number of primary amides is 1. The Morgan fingerprint density at radius 2 is 1.86 bits per heavy atom. The number of aliphatic imine (C=N–C) groups is 1. The van der Waals surface area contributed by atoms with Crippen LogP contribution in [0.3, 0.4) is 0 Å². The Morgan fingerprint density at radius 3 is 2.62 bits per heavy atom. The van der Waals surface area contributed by atoms with Crippen LogP contribution in [0.4, 0.5) is 5.69 Å². The van der Waals surface area contributed by atoms with Crippen molar-refractivity contribution in [3.63, 3.8) is 0 Å². The van der Waals surface area contributed by atoms with E-state index < -0.39 is 5.91 Å². The van der Waals surface area contributed by atoms with Gasteiger partial charge in [0.1, 0.15) is 12.0 Å². The Labute approximate surface area is 169 Å². The molecule has 3 atom stereocenters. The first kappa shape index (κ1) is 19.2. The molecule has 150 valence electrons. The molecule has 0 aromatic heterocycles. The van der Waals surface area contributed by atoms with Crippen molar-refractivity contribution >= 4 is 17.4 Å². The van der Waals surface area contributed by atoms with Crippen LogP contribution in [0.1, 0.15) is 17.0 Å². The molecule has 0 bridgehead atoms. The summed E-state index contributed by atoms with van der Waals surface area (Å²) in [6, 6.07) is 17.8. The molecule has 0 aliphatic carbocycles. The van der Waals surface area contributed by atoms with Crippen LogP contribution < -0.4 is 22.1 Å². The first-order chi connectivity index (χ1) is 14.0. The highest BCUT2D eigenvalue weighted by Crippen LogP contribution is 2.44. The van der Waals surface area contributed by atoms with Gasteiger partial charge in [-0.2, -0.15) is 0 Å². The van der Waals surface area contributed by atoms with Crippen molar-refractivity contribution in [3.05, 3.63) is 77.4 Å². The molecule has 0 saturated carbocycles. The summed E-state index contributed by atoms with van der Waals surface area (Å²) in [5.74, 6) is -0.476. The van der Waals surface area contributed by atoms with E-state index in [1.165, 1.54) is 0 Å². The maximum absolute atomic E-state index is 11.7. The molecular weight excluding hydrogens is 366 g/mol. The fourth-order valence-corrected chi connectivity index (χ4v) is 3.95. The molecule has 2 unspecified atom stereocenters. The van der Waals surface area contributed by atoms with E-state index in [1.54, 1.807) is 0 Å². The fraction of sp³-hybridized carbons (Fsp3) is 0.273. The average molecular weight is 391 g/mol. The molecule has 0 spiro atoms. The molecule has 2 aromatic carbocycles. The molecule has 1 amide bonds. The zero-order chi connectivity index (χ0) is 20.4. The topological polar surface area (TPSA) is 120 Å². The van der Waals surface area contributed by atoms with Gasteiger partial charge < -0.3 is 26.8 Å². The van der Waals surface area contributed by atoms with Crippen molar-refractivity contribution < 1.29 is 9.53 Å². The lowest BCUT2D eigenvalue weighted by Gasteiger charge is -2.31. The number of rotatable bonds is 7. The van der Waals surface area contributed by atoms with Gasteiger partial charge in [0, 0.05) is 24.2 Å². The fourth-order valence-electron chi connectivity index (χ4n) is 3.95. The molecule has 7 nitrogen and oxygen atoms in total. The highest BCUT2D eigenvalue weighted by molar-refractivity contribution is 6.20. The largest absolute Gasteiger partial charge is 0.383 e. The van der Waals surface area contributed by atoms with E-state index in [2.05, 4.69) is 9.89 Å². The van der Waals surface area contributed by atoms with E-state index in [1.807, 2.05) is 60.7 Å². The van der Waals surface area contributed by atoms with Gasteiger partial charge in [-0.05, 0) is 17.2 Å². The molecule has 2 aliphatic heterocycles. The number of carbonyl (C=O) groups is 1. The molecule has 7 heteroatoms. The van der Waals surface area contributed by atoms with Crippen LogP contribution in [0, 0.1) is 0 Å². The number of hydrogen-bond donors (Lipinski definition) is 3. The number of nitrogens with zero attached hydrogens (tertiary/aromatic N) is 2. The Morgan fingerprint density at radius 1 is 1.14 bits per heavy atom. The first-order valence-corrected chi connectivity index (χ1v) is 9.62. The monoisotopic (exact) mass is 391 g/mol. The third-order valence-electron chi connectivity index (χ3n) is 5.28. The Balaban J connectivity index is 1.48. The molecule has 2 aliphatic rings. The highest BCUT2D eigenvalue weighted by Gasteiger charge is 2.40. The number of amidine groups is 1. The predicted octanol–water partition coefficient (Wildman–Crippen LogP) is 1.24. The number of hydrogen-bond acceptors (Lipinski definition) is 6. The van der Waals surface area contributed by atoms with Gasteiger partial charge in [0.15, 0.2) is 0 Å². The minimum atomic E-state index is -0.563. The van der Waals surface area contributed by atoms with E-state index in [0.29, 0.717) is 19.8 Å². The molecule has 2 heterocycles. The molecule has 0 saturated heterocycles. The minimum Gasteiger partial charge on any atom is -0.383 e. The van der Waals surface area contributed by atoms with E-state index in [9.17, 15) is 4.79 Å². The van der Waals surface area contributed by atoms with Crippen molar-refractivity contribution in [3.8, 4) is 0 Å². The molecule has 4 rings (SSSR count). The van der Waals surface area contributed by atoms with E-state index in [-0.39, 0.29) is 29.5 Å². The summed E-state index contributed by atoms with van der Waals surface area (Å²) in [4.78, 5) is 18.4. The lowest BCUT2D eigenvalue weighted by molar-refractivity contribution is -0.114. The number of amides is 1. The zero-order valence-corrected chi connectivity index (χ0v) is 16.1. The highest BCUT2D eigenvalue weighted by atomic mass is 16.5. The van der Waals surface area contributed by atoms with Gasteiger partial charge in [0.05, 0.1) is 18.8 Å². The van der Waals surface area contributed by atoms with Crippen molar-refractivity contribution in [1.82, 2.24) is 0 Å². The quantitative estimate of drug-likeness (QED) is 0.656. The standard InChI is InChI=1S/C22H25N5O2/c23-15(13-29-12-14-6-2-1-3-7-14)11-27-19-9-5-4-8-16(19)17-10-18(21(25)28)20(24)26-22(17)27/h1-10,15,17,22H,11-13,23H2,(H2,24,26)(H2,25,28)/t15-,17?,22?/m1/s1. The molecule has 0 radical (unpaired) electrons. The summed E-state index contributed by atoms with van der Waals surface area (Å²) in [5, 5.41) is 0. The summed E-state index contributed by atoms with van der Waals surface area (Å²) in [7, 11) is 0. The smallest absolute Gasteiger partial charge is 0.252 e. The number of benzene rings is 2. The summed E-state index contributed by atoms with van der Waals surface area (Å²) in [6.45, 7) is 1.50. The second kappa shape index (κ2) is 8.06. The zero-order valence-electron chi connectivity index (χ0n) is 16.1. The normalized spacial score (nSPS) is 21.1. The lowest BCUT2D eigenvalue weighted by Crippen LogP contribution is -2.46. The molecular formula is C22H25N5O2. The van der Waals surface area contributed by atoms with Crippen molar-refractivity contribution in [2.45, 2.75) is 24.7 Å². The number of ether oxygens (including phenoxy) is 1. The van der Waals surface area contributed by atoms with Crippen molar-refractivity contribution in [1.29, 1.82) is 0 Å². The number of anilines is 1. The molecule has 29 heavy (non-hydrogen) atoms. The number of nitrogens with two attached hydrogens (primary N) is 3. The summed E-state index contributed by atoms with van der Waals surface area (Å²) >= 11 is 0. The van der Waals surface area contributed by atoms with Crippen LogP contribution in [-0.4, -0.2) is 37.1 Å². The van der Waals surface area contributed by atoms with Gasteiger partial charge in [-0.25, -0.2) is 4.99 Å². The van der Waals surface area contributed by atoms with Crippen molar-refractivity contribution in [2.24, 2.45) is 22.2 Å². The molecule has 2 aromatic rings. The average Bonchev–Trinajstić information content (AvgIpc) is 3.01. The van der Waals surface area contributed by atoms with Crippen LogP contribution in [-0.2, 0) is 16.1 Å². The second-order valence-corrected chi connectivity index (χ2v) is 7.37. The van der Waals surface area contributed by atoms with E-state index in [0.717, 1.165) is 16.8 Å². The van der Waals surface area contributed by atoms with Crippen LogP contribution >= 0.6 is 0 Å². The molecule has 6 N–H and O–H groups in total. The van der Waals surface area contributed by atoms with Gasteiger partial charge in [-0.3, -0.25) is 4.79 Å². The Bertz CT molecular complexity index is 957.